The van der Waals surface area contributed by atoms with Crippen LogP contribution in [0.3, 0.4) is 0 Å². The van der Waals surface area contributed by atoms with E-state index in [4.69, 9.17) is 15.1 Å². The van der Waals surface area contributed by atoms with E-state index in [0.29, 0.717) is 12.3 Å². The van der Waals surface area contributed by atoms with E-state index < -0.39 is 6.10 Å². The van der Waals surface area contributed by atoms with E-state index in [1.165, 1.54) is 0 Å². The molecule has 2 atom stereocenters. The van der Waals surface area contributed by atoms with Crippen LogP contribution in [0.1, 0.15) is 39.5 Å². The molecule has 0 aliphatic rings. The van der Waals surface area contributed by atoms with E-state index in [-0.39, 0.29) is 0 Å². The highest BCUT2D eigenvalue weighted by Gasteiger charge is 2.06. The van der Waals surface area contributed by atoms with Gasteiger partial charge in [-0.25, -0.2) is 0 Å². The lowest BCUT2D eigenvalue weighted by atomic mass is 10.0. The number of unbranched alkanes of at least 4 members (excludes halogenated alkanes) is 1. The van der Waals surface area contributed by atoms with Crippen molar-refractivity contribution < 1.29 is 9.84 Å². The summed E-state index contributed by atoms with van der Waals surface area (Å²) in [5.74, 6) is 0.426. The number of rotatable bonds is 8. The van der Waals surface area contributed by atoms with E-state index >= 15 is 0 Å². The van der Waals surface area contributed by atoms with Crippen LogP contribution in [0.5, 0.6) is 0 Å². The molecule has 0 saturated heterocycles. The summed E-state index contributed by atoms with van der Waals surface area (Å²) in [5, 5.41) is 17.4. The predicted octanol–water partition coefficient (Wildman–Crippen LogP) is 2.10. The van der Waals surface area contributed by atoms with Crippen molar-refractivity contribution in [2.45, 2.75) is 45.6 Å². The third-order valence-electron chi connectivity index (χ3n) is 2.13. The molecule has 1 N–H and O–H groups in total. The van der Waals surface area contributed by atoms with E-state index in [2.05, 4.69) is 13.8 Å². The summed E-state index contributed by atoms with van der Waals surface area (Å²) in [5.41, 5.74) is 0. The lowest BCUT2D eigenvalue weighted by Gasteiger charge is -2.11. The van der Waals surface area contributed by atoms with Gasteiger partial charge in [-0.2, -0.15) is 5.26 Å². The Morgan fingerprint density at radius 2 is 2.14 bits per heavy atom. The van der Waals surface area contributed by atoms with Gasteiger partial charge in [-0.05, 0) is 25.2 Å². The van der Waals surface area contributed by atoms with E-state index in [1.54, 1.807) is 0 Å². The zero-order chi connectivity index (χ0) is 10.8. The van der Waals surface area contributed by atoms with Crippen LogP contribution in [-0.4, -0.2) is 24.4 Å². The largest absolute Gasteiger partial charge is 0.381 e. The molecule has 0 fully saturated rings. The second kappa shape index (κ2) is 8.98. The minimum atomic E-state index is -0.812. The number of aliphatic hydroxyl groups excluding tert-OH is 1. The maximum absolute atomic E-state index is 9.01. The number of hydrogen-bond donors (Lipinski definition) is 1. The van der Waals surface area contributed by atoms with Crippen molar-refractivity contribution in [2.75, 3.05) is 13.2 Å². The SMILES string of the molecule is CCCCOCC(C)CCC(O)C#N. The Morgan fingerprint density at radius 1 is 1.43 bits per heavy atom. The van der Waals surface area contributed by atoms with Gasteiger partial charge in [-0.1, -0.05) is 20.3 Å². The maximum atomic E-state index is 9.01. The molecule has 0 saturated carbocycles. The summed E-state index contributed by atoms with van der Waals surface area (Å²) in [6.45, 7) is 5.77. The number of nitrogens with zero attached hydrogens (tertiary/aromatic N) is 1. The molecule has 0 aromatic carbocycles. The zero-order valence-corrected chi connectivity index (χ0v) is 9.20. The number of aliphatic hydroxyl groups is 1. The fourth-order valence-corrected chi connectivity index (χ4v) is 1.12. The second-order valence-electron chi connectivity index (χ2n) is 3.76. The van der Waals surface area contributed by atoms with Gasteiger partial charge in [0.2, 0.25) is 0 Å². The monoisotopic (exact) mass is 199 g/mol. The first-order valence-corrected chi connectivity index (χ1v) is 5.36. The van der Waals surface area contributed by atoms with Gasteiger partial charge in [0.05, 0.1) is 6.07 Å². The summed E-state index contributed by atoms with van der Waals surface area (Å²) in [7, 11) is 0. The van der Waals surface area contributed by atoms with E-state index in [1.807, 2.05) is 6.07 Å². The molecule has 82 valence electrons. The van der Waals surface area contributed by atoms with Crippen LogP contribution in [0.25, 0.3) is 0 Å². The zero-order valence-electron chi connectivity index (χ0n) is 9.20. The average Bonchev–Trinajstić information content (AvgIpc) is 2.21. The Labute approximate surface area is 86.7 Å². The van der Waals surface area contributed by atoms with Gasteiger partial charge in [0.25, 0.3) is 0 Å². The highest BCUT2D eigenvalue weighted by molar-refractivity contribution is 4.81. The molecular formula is C11H21NO2. The number of ether oxygens (including phenoxy) is 1. The van der Waals surface area contributed by atoms with E-state index in [9.17, 15) is 0 Å². The molecule has 0 bridgehead atoms. The lowest BCUT2D eigenvalue weighted by Crippen LogP contribution is -2.10. The fraction of sp³-hybridized carbons (Fsp3) is 0.909. The Balaban J connectivity index is 3.28. The Kier molecular flexibility index (Phi) is 8.61. The Hall–Kier alpha value is -0.590. The molecule has 0 aliphatic carbocycles. The van der Waals surface area contributed by atoms with Crippen LogP contribution >= 0.6 is 0 Å². The molecule has 0 amide bonds. The highest BCUT2D eigenvalue weighted by atomic mass is 16.5. The first kappa shape index (κ1) is 13.4. The molecular weight excluding hydrogens is 178 g/mol. The number of hydrogen-bond acceptors (Lipinski definition) is 3. The molecule has 3 heteroatoms. The van der Waals surface area contributed by atoms with Crippen molar-refractivity contribution >= 4 is 0 Å². The molecule has 0 aromatic rings. The molecule has 3 nitrogen and oxygen atoms in total. The van der Waals surface area contributed by atoms with Gasteiger partial charge >= 0.3 is 0 Å². The van der Waals surface area contributed by atoms with Crippen LogP contribution in [0.4, 0.5) is 0 Å². The third kappa shape index (κ3) is 8.03. The smallest absolute Gasteiger partial charge is 0.140 e. The standard InChI is InChI=1S/C11H21NO2/c1-3-4-7-14-9-10(2)5-6-11(13)8-12/h10-11,13H,3-7,9H2,1-2H3. The Morgan fingerprint density at radius 3 is 2.71 bits per heavy atom. The summed E-state index contributed by atoms with van der Waals surface area (Å²) in [4.78, 5) is 0. The molecule has 0 aromatic heterocycles. The van der Waals surface area contributed by atoms with Gasteiger partial charge in [0, 0.05) is 13.2 Å². The second-order valence-corrected chi connectivity index (χ2v) is 3.76. The van der Waals surface area contributed by atoms with Crippen LogP contribution in [0, 0.1) is 17.2 Å². The van der Waals surface area contributed by atoms with Crippen LogP contribution in [-0.2, 0) is 4.74 Å². The van der Waals surface area contributed by atoms with Crippen LogP contribution in [0.15, 0.2) is 0 Å². The molecule has 0 rings (SSSR count). The minimum absolute atomic E-state index is 0.426. The van der Waals surface area contributed by atoms with Gasteiger partial charge in [0.1, 0.15) is 6.10 Å². The van der Waals surface area contributed by atoms with Crippen molar-refractivity contribution in [2.24, 2.45) is 5.92 Å². The number of nitriles is 1. The van der Waals surface area contributed by atoms with E-state index in [0.717, 1.165) is 32.5 Å². The van der Waals surface area contributed by atoms with Crippen molar-refractivity contribution in [3.05, 3.63) is 0 Å². The molecule has 14 heavy (non-hydrogen) atoms. The van der Waals surface area contributed by atoms with Gasteiger partial charge in [0.15, 0.2) is 0 Å². The van der Waals surface area contributed by atoms with Gasteiger partial charge in [-0.15, -0.1) is 0 Å². The normalized spacial score (nSPS) is 14.7. The first-order valence-electron chi connectivity index (χ1n) is 5.36. The van der Waals surface area contributed by atoms with Gasteiger partial charge in [-0.3, -0.25) is 0 Å². The first-order chi connectivity index (χ1) is 6.70. The maximum Gasteiger partial charge on any atom is 0.140 e. The molecule has 2 unspecified atom stereocenters. The minimum Gasteiger partial charge on any atom is -0.381 e. The van der Waals surface area contributed by atoms with Crippen molar-refractivity contribution in [3.8, 4) is 6.07 Å². The third-order valence-corrected chi connectivity index (χ3v) is 2.13. The molecule has 0 radical (unpaired) electrons. The van der Waals surface area contributed by atoms with Crippen molar-refractivity contribution in [3.63, 3.8) is 0 Å². The van der Waals surface area contributed by atoms with Gasteiger partial charge < -0.3 is 9.84 Å². The molecule has 0 aliphatic heterocycles. The quantitative estimate of drug-likeness (QED) is 0.481. The summed E-state index contributed by atoms with van der Waals surface area (Å²) in [6, 6.07) is 1.81. The summed E-state index contributed by atoms with van der Waals surface area (Å²) in [6.07, 6.45) is 2.85. The molecule has 0 spiro atoms. The van der Waals surface area contributed by atoms with Crippen molar-refractivity contribution in [1.29, 1.82) is 5.26 Å². The summed E-state index contributed by atoms with van der Waals surface area (Å²) < 4.78 is 5.44. The van der Waals surface area contributed by atoms with Crippen molar-refractivity contribution in [1.82, 2.24) is 0 Å². The molecule has 0 heterocycles. The Bertz CT molecular complexity index is 165. The predicted molar refractivity (Wildman–Crippen MR) is 55.7 cm³/mol. The van der Waals surface area contributed by atoms with Crippen LogP contribution in [0.2, 0.25) is 0 Å². The average molecular weight is 199 g/mol. The topological polar surface area (TPSA) is 53.2 Å². The summed E-state index contributed by atoms with van der Waals surface area (Å²) >= 11 is 0. The lowest BCUT2D eigenvalue weighted by molar-refractivity contribution is 0.0941. The highest BCUT2D eigenvalue weighted by Crippen LogP contribution is 2.08. The fourth-order valence-electron chi connectivity index (χ4n) is 1.12. The van der Waals surface area contributed by atoms with Crippen LogP contribution < -0.4 is 0 Å².